The molecule has 2 heterocycles. The number of hydrogen-bond acceptors (Lipinski definition) is 3. The topological polar surface area (TPSA) is 67.0 Å². The van der Waals surface area contributed by atoms with Gasteiger partial charge in [-0.1, -0.05) is 48.0 Å². The van der Waals surface area contributed by atoms with Crippen molar-refractivity contribution in [3.63, 3.8) is 0 Å². The molecule has 0 unspecified atom stereocenters. The highest BCUT2D eigenvalue weighted by molar-refractivity contribution is 6.04. The van der Waals surface area contributed by atoms with Crippen LogP contribution in [0.3, 0.4) is 0 Å². The first-order valence-corrected chi connectivity index (χ1v) is 10.3. The second-order valence-electron chi connectivity index (χ2n) is 7.73. The van der Waals surface area contributed by atoms with E-state index in [1.54, 1.807) is 6.08 Å². The molecule has 2 aromatic carbocycles. The highest BCUT2D eigenvalue weighted by Gasteiger charge is 2.18. The number of carbonyl (C=O) groups excluding carboxylic acids is 1. The molecule has 1 saturated heterocycles. The van der Waals surface area contributed by atoms with Gasteiger partial charge in [-0.05, 0) is 37.5 Å². The smallest absolute Gasteiger partial charge is 0.262 e. The Kier molecular flexibility index (Phi) is 5.97. The number of aromatic nitrogens is 1. The zero-order chi connectivity index (χ0) is 20.9. The lowest BCUT2D eigenvalue weighted by Gasteiger charge is -2.10. The van der Waals surface area contributed by atoms with Crippen LogP contribution in [0.1, 0.15) is 29.5 Å². The Morgan fingerprint density at radius 1 is 1.27 bits per heavy atom. The van der Waals surface area contributed by atoms with Gasteiger partial charge in [-0.15, -0.1) is 0 Å². The van der Waals surface area contributed by atoms with Gasteiger partial charge in [0, 0.05) is 42.4 Å². The number of hydrogen-bond donors (Lipinski definition) is 1. The normalized spacial score (nSPS) is 16.5. The maximum atomic E-state index is 12.5. The summed E-state index contributed by atoms with van der Waals surface area (Å²) in [5.41, 5.74) is 4.47. The Hall–Kier alpha value is -3.36. The Morgan fingerprint density at radius 3 is 2.80 bits per heavy atom. The molecule has 4 rings (SSSR count). The van der Waals surface area contributed by atoms with Crippen molar-refractivity contribution >= 4 is 22.9 Å². The third kappa shape index (κ3) is 4.45. The van der Waals surface area contributed by atoms with Crippen LogP contribution >= 0.6 is 0 Å². The number of amides is 1. The summed E-state index contributed by atoms with van der Waals surface area (Å²) in [4.78, 5) is 12.5. The maximum absolute atomic E-state index is 12.5. The van der Waals surface area contributed by atoms with Gasteiger partial charge in [-0.3, -0.25) is 4.79 Å². The van der Waals surface area contributed by atoms with Gasteiger partial charge in [0.15, 0.2) is 0 Å². The number of carbonyl (C=O) groups is 1. The third-order valence-electron chi connectivity index (χ3n) is 5.47. The fourth-order valence-corrected chi connectivity index (χ4v) is 3.82. The number of para-hydroxylation sites is 1. The van der Waals surface area contributed by atoms with Gasteiger partial charge < -0.3 is 14.6 Å². The van der Waals surface area contributed by atoms with E-state index >= 15 is 0 Å². The van der Waals surface area contributed by atoms with E-state index in [0.717, 1.165) is 42.5 Å². The Bertz CT molecular complexity index is 1110. The van der Waals surface area contributed by atoms with Crippen molar-refractivity contribution < 1.29 is 9.53 Å². The summed E-state index contributed by atoms with van der Waals surface area (Å²) in [6, 6.07) is 18.6. The fraction of sp³-hybridized carbons (Fsp3) is 0.280. The average molecular weight is 399 g/mol. The van der Waals surface area contributed by atoms with Crippen LogP contribution in [0, 0.1) is 18.3 Å². The number of aryl methyl sites for hydroxylation is 1. The van der Waals surface area contributed by atoms with E-state index in [1.807, 2.05) is 24.4 Å². The molecule has 5 heteroatoms. The van der Waals surface area contributed by atoms with Gasteiger partial charge in [-0.25, -0.2) is 0 Å². The third-order valence-corrected chi connectivity index (χ3v) is 5.47. The van der Waals surface area contributed by atoms with Crippen LogP contribution < -0.4 is 5.32 Å². The molecule has 30 heavy (non-hydrogen) atoms. The van der Waals surface area contributed by atoms with Crippen LogP contribution in [0.4, 0.5) is 0 Å². The Balaban J connectivity index is 1.60. The van der Waals surface area contributed by atoms with Gasteiger partial charge in [0.25, 0.3) is 5.91 Å². The number of benzene rings is 2. The molecular formula is C25H25N3O2. The van der Waals surface area contributed by atoms with Gasteiger partial charge in [-0.2, -0.15) is 5.26 Å². The molecule has 0 aliphatic carbocycles. The predicted octanol–water partition coefficient (Wildman–Crippen LogP) is 4.20. The minimum absolute atomic E-state index is 0.0466. The monoisotopic (exact) mass is 399 g/mol. The number of fused-ring (bicyclic) bond motifs is 1. The predicted molar refractivity (Wildman–Crippen MR) is 118 cm³/mol. The van der Waals surface area contributed by atoms with E-state index < -0.39 is 0 Å². The molecule has 1 aliphatic rings. The summed E-state index contributed by atoms with van der Waals surface area (Å²) in [6.07, 6.45) is 5.69. The summed E-state index contributed by atoms with van der Waals surface area (Å²) in [5.74, 6) is -0.358. The molecule has 1 atom stereocenters. The summed E-state index contributed by atoms with van der Waals surface area (Å²) in [6.45, 7) is 3.97. The average Bonchev–Trinajstić information content (AvgIpc) is 3.40. The molecule has 1 amide bonds. The molecular weight excluding hydrogens is 374 g/mol. The van der Waals surface area contributed by atoms with Crippen LogP contribution in [-0.2, 0) is 16.1 Å². The Labute approximate surface area is 176 Å². The van der Waals surface area contributed by atoms with Crippen LogP contribution in [-0.4, -0.2) is 29.7 Å². The summed E-state index contributed by atoms with van der Waals surface area (Å²) >= 11 is 0. The maximum Gasteiger partial charge on any atom is 0.262 e. The van der Waals surface area contributed by atoms with Crippen LogP contribution in [0.15, 0.2) is 60.3 Å². The second kappa shape index (κ2) is 8.98. The zero-order valence-electron chi connectivity index (χ0n) is 17.1. The van der Waals surface area contributed by atoms with E-state index in [4.69, 9.17) is 4.74 Å². The molecule has 1 aliphatic heterocycles. The minimum Gasteiger partial charge on any atom is -0.376 e. The Morgan fingerprint density at radius 2 is 2.07 bits per heavy atom. The fourth-order valence-electron chi connectivity index (χ4n) is 3.82. The molecule has 0 spiro atoms. The summed E-state index contributed by atoms with van der Waals surface area (Å²) in [7, 11) is 0. The molecule has 1 N–H and O–H groups in total. The van der Waals surface area contributed by atoms with Gasteiger partial charge >= 0.3 is 0 Å². The SMILES string of the molecule is Cc1ccc(Cn2cc(/C=C(/C#N)C(=O)NC[C@H]3CCCO3)c3ccccc32)cc1. The van der Waals surface area contributed by atoms with E-state index in [9.17, 15) is 10.1 Å². The van der Waals surface area contributed by atoms with Crippen molar-refractivity contribution in [1.82, 2.24) is 9.88 Å². The lowest BCUT2D eigenvalue weighted by Crippen LogP contribution is -2.32. The lowest BCUT2D eigenvalue weighted by molar-refractivity contribution is -0.117. The van der Waals surface area contributed by atoms with E-state index in [-0.39, 0.29) is 17.6 Å². The first kappa shape index (κ1) is 19.9. The summed E-state index contributed by atoms with van der Waals surface area (Å²) in [5, 5.41) is 13.4. The highest BCUT2D eigenvalue weighted by Crippen LogP contribution is 2.25. The standard InChI is InChI=1S/C25H25N3O2/c1-18-8-10-19(11-9-18)16-28-17-21(23-6-2-3-7-24(23)28)13-20(14-26)25(29)27-15-22-5-4-12-30-22/h2-3,6-11,13,17,22H,4-5,12,15-16H2,1H3,(H,27,29)/b20-13-/t22-/m1/s1. The van der Waals surface area contributed by atoms with Crippen LogP contribution in [0.25, 0.3) is 17.0 Å². The largest absolute Gasteiger partial charge is 0.376 e. The number of nitriles is 1. The van der Waals surface area contributed by atoms with Gasteiger partial charge in [0.2, 0.25) is 0 Å². The number of ether oxygens (including phenoxy) is 1. The van der Waals surface area contributed by atoms with Crippen LogP contribution in [0.5, 0.6) is 0 Å². The molecule has 1 aromatic heterocycles. The number of nitrogens with one attached hydrogen (secondary N) is 1. The lowest BCUT2D eigenvalue weighted by atomic mass is 10.1. The molecule has 0 bridgehead atoms. The van der Waals surface area contributed by atoms with Crippen molar-refractivity contribution in [1.29, 1.82) is 5.26 Å². The van der Waals surface area contributed by atoms with Crippen molar-refractivity contribution in [2.24, 2.45) is 0 Å². The molecule has 3 aromatic rings. The van der Waals surface area contributed by atoms with Crippen molar-refractivity contribution in [2.75, 3.05) is 13.2 Å². The second-order valence-corrected chi connectivity index (χ2v) is 7.73. The van der Waals surface area contributed by atoms with Crippen LogP contribution in [0.2, 0.25) is 0 Å². The van der Waals surface area contributed by atoms with E-state index in [1.165, 1.54) is 11.1 Å². The van der Waals surface area contributed by atoms with Crippen molar-refractivity contribution in [3.05, 3.63) is 77.0 Å². The first-order chi connectivity index (χ1) is 14.6. The van der Waals surface area contributed by atoms with Crippen molar-refractivity contribution in [3.8, 4) is 6.07 Å². The molecule has 152 valence electrons. The minimum atomic E-state index is -0.358. The van der Waals surface area contributed by atoms with E-state index in [2.05, 4.69) is 53.2 Å². The van der Waals surface area contributed by atoms with Gasteiger partial charge in [0.1, 0.15) is 11.6 Å². The number of rotatable bonds is 6. The first-order valence-electron chi connectivity index (χ1n) is 10.3. The molecule has 0 radical (unpaired) electrons. The van der Waals surface area contributed by atoms with E-state index in [0.29, 0.717) is 6.54 Å². The zero-order valence-corrected chi connectivity index (χ0v) is 17.1. The number of nitrogens with zero attached hydrogens (tertiary/aromatic N) is 2. The van der Waals surface area contributed by atoms with Gasteiger partial charge in [0.05, 0.1) is 6.10 Å². The molecule has 0 saturated carbocycles. The highest BCUT2D eigenvalue weighted by atomic mass is 16.5. The van der Waals surface area contributed by atoms with Crippen molar-refractivity contribution in [2.45, 2.75) is 32.4 Å². The molecule has 1 fully saturated rings. The summed E-state index contributed by atoms with van der Waals surface area (Å²) < 4.78 is 7.70. The molecule has 5 nitrogen and oxygen atoms in total. The quantitative estimate of drug-likeness (QED) is 0.499.